The molecule has 2 bridgehead atoms. The monoisotopic (exact) mass is 376 g/mol. The van der Waals surface area contributed by atoms with Crippen molar-refractivity contribution in [3.8, 4) is 24.0 Å². The highest BCUT2D eigenvalue weighted by Crippen LogP contribution is 2.68. The van der Waals surface area contributed by atoms with Crippen LogP contribution >= 0.6 is 0 Å². The molecule has 0 amide bonds. The third-order valence-electron chi connectivity index (χ3n) is 6.48. The quantitative estimate of drug-likeness (QED) is 0.841. The fourth-order valence-electron chi connectivity index (χ4n) is 5.12. The Morgan fingerprint density at radius 2 is 1.79 bits per heavy atom. The van der Waals surface area contributed by atoms with E-state index in [4.69, 9.17) is 19.6 Å². The molecule has 4 atom stereocenters. The zero-order valence-corrected chi connectivity index (χ0v) is 15.6. The van der Waals surface area contributed by atoms with Crippen molar-refractivity contribution in [2.45, 2.75) is 44.0 Å². The molecule has 3 aliphatic rings. The summed E-state index contributed by atoms with van der Waals surface area (Å²) in [6.45, 7) is 0. The predicted octanol–water partition coefficient (Wildman–Crippen LogP) is 3.59. The third kappa shape index (κ3) is 2.02. The van der Waals surface area contributed by atoms with Gasteiger partial charge in [-0.15, -0.1) is 0 Å². The maximum atomic E-state index is 10.3. The molecule has 28 heavy (non-hydrogen) atoms. The van der Waals surface area contributed by atoms with Crippen LogP contribution in [0.3, 0.4) is 0 Å². The van der Waals surface area contributed by atoms with E-state index in [9.17, 15) is 15.8 Å². The van der Waals surface area contributed by atoms with Gasteiger partial charge in [-0.25, -0.2) is 0 Å². The van der Waals surface area contributed by atoms with Crippen molar-refractivity contribution in [3.63, 3.8) is 0 Å². The molecule has 1 aromatic rings. The van der Waals surface area contributed by atoms with Crippen molar-refractivity contribution in [3.05, 3.63) is 29.8 Å². The first-order valence-electron chi connectivity index (χ1n) is 9.37. The molecule has 1 N–H and O–H groups in total. The van der Waals surface area contributed by atoms with Crippen molar-refractivity contribution in [2.75, 3.05) is 7.11 Å². The van der Waals surface area contributed by atoms with Crippen LogP contribution in [0.25, 0.3) is 0 Å². The van der Waals surface area contributed by atoms with Gasteiger partial charge in [-0.1, -0.05) is 25.0 Å². The molecule has 4 rings (SSSR count). The molecule has 142 valence electrons. The average molecular weight is 376 g/mol. The second kappa shape index (κ2) is 6.23. The van der Waals surface area contributed by atoms with E-state index in [-0.39, 0.29) is 5.90 Å². The molecule has 1 aromatic carbocycles. The number of methoxy groups -OCH3 is 1. The summed E-state index contributed by atoms with van der Waals surface area (Å²) in [5.74, 6) is -1.35. The van der Waals surface area contributed by atoms with E-state index in [1.54, 1.807) is 31.4 Å². The lowest BCUT2D eigenvalue weighted by atomic mass is 9.52. The van der Waals surface area contributed by atoms with E-state index in [0.29, 0.717) is 24.2 Å². The summed E-state index contributed by atoms with van der Waals surface area (Å²) in [6, 6.07) is 13.3. The summed E-state index contributed by atoms with van der Waals surface area (Å²) in [4.78, 5) is 0. The van der Waals surface area contributed by atoms with Gasteiger partial charge >= 0.3 is 0 Å². The molecule has 7 heteroatoms. The van der Waals surface area contributed by atoms with Crippen molar-refractivity contribution in [2.24, 2.45) is 16.7 Å². The van der Waals surface area contributed by atoms with E-state index in [0.717, 1.165) is 19.3 Å². The van der Waals surface area contributed by atoms with E-state index in [2.05, 4.69) is 18.2 Å². The number of benzene rings is 1. The highest BCUT2D eigenvalue weighted by molar-refractivity contribution is 5.89. The number of nitriles is 3. The summed E-state index contributed by atoms with van der Waals surface area (Å²) in [5.41, 5.74) is -2.96. The summed E-state index contributed by atoms with van der Waals surface area (Å²) in [7, 11) is 1.55. The van der Waals surface area contributed by atoms with Crippen LogP contribution in [0.15, 0.2) is 24.3 Å². The zero-order valence-electron chi connectivity index (χ0n) is 15.6. The van der Waals surface area contributed by atoms with Crippen LogP contribution in [0.5, 0.6) is 5.75 Å². The predicted molar refractivity (Wildman–Crippen MR) is 96.6 cm³/mol. The van der Waals surface area contributed by atoms with Gasteiger partial charge in [-0.2, -0.15) is 15.8 Å². The van der Waals surface area contributed by atoms with E-state index in [1.807, 2.05) is 0 Å². The number of hydrogen-bond acceptors (Lipinski definition) is 7. The molecule has 0 unspecified atom stereocenters. The minimum atomic E-state index is -1.89. The number of ether oxygens (including phenoxy) is 3. The molecule has 3 fully saturated rings. The first kappa shape index (κ1) is 18.3. The van der Waals surface area contributed by atoms with E-state index < -0.39 is 28.6 Å². The second-order valence-electron chi connectivity index (χ2n) is 7.62. The number of nitrogens with one attached hydrogen (secondary N) is 1. The van der Waals surface area contributed by atoms with Gasteiger partial charge in [0.15, 0.2) is 5.41 Å². The standard InChI is InChI=1S/C21H20N4O3/c1-26-15-8-6-14(7-9-15)17-19(11-22,12-23)20(13-24)16-5-3-2-4-10-21(16,27-17)28-18(20)25/h6-9,16-17,25H,2-5,10H2,1H3/t16-,17+,20-,21+/m0/s1. The van der Waals surface area contributed by atoms with Gasteiger partial charge in [0, 0.05) is 6.42 Å². The second-order valence-corrected chi connectivity index (χ2v) is 7.62. The summed E-state index contributed by atoms with van der Waals surface area (Å²) < 4.78 is 17.5. The third-order valence-corrected chi connectivity index (χ3v) is 6.48. The maximum Gasteiger partial charge on any atom is 0.217 e. The SMILES string of the molecule is COc1ccc([C@H]2O[C@@]34CCCCC[C@H]3[C@@](C#N)(C(=N)O4)C2(C#N)C#N)cc1. The molecule has 1 saturated carbocycles. The lowest BCUT2D eigenvalue weighted by molar-refractivity contribution is -0.284. The van der Waals surface area contributed by atoms with Gasteiger partial charge in [0.2, 0.25) is 17.1 Å². The molecule has 0 spiro atoms. The van der Waals surface area contributed by atoms with Crippen LogP contribution in [0.1, 0.15) is 43.8 Å². The van der Waals surface area contributed by atoms with Crippen LogP contribution < -0.4 is 4.74 Å². The zero-order chi connectivity index (χ0) is 20.0. The summed E-state index contributed by atoms with van der Waals surface area (Å²) in [5, 5.41) is 39.2. The molecule has 2 aliphatic heterocycles. The summed E-state index contributed by atoms with van der Waals surface area (Å²) >= 11 is 0. The summed E-state index contributed by atoms with van der Waals surface area (Å²) in [6.07, 6.45) is 2.74. The highest BCUT2D eigenvalue weighted by Gasteiger charge is 2.80. The molecule has 2 saturated heterocycles. The minimum absolute atomic E-state index is 0.319. The molecule has 0 aromatic heterocycles. The van der Waals surface area contributed by atoms with Crippen molar-refractivity contribution >= 4 is 5.90 Å². The topological polar surface area (TPSA) is 123 Å². The van der Waals surface area contributed by atoms with Gasteiger partial charge < -0.3 is 14.2 Å². The van der Waals surface area contributed by atoms with E-state index in [1.165, 1.54) is 0 Å². The van der Waals surface area contributed by atoms with Crippen LogP contribution in [-0.4, -0.2) is 18.8 Å². The van der Waals surface area contributed by atoms with Crippen LogP contribution in [0.4, 0.5) is 0 Å². The Bertz CT molecular complexity index is 924. The molecule has 1 aliphatic carbocycles. The van der Waals surface area contributed by atoms with Gasteiger partial charge in [-0.3, -0.25) is 5.41 Å². The molecule has 2 heterocycles. The van der Waals surface area contributed by atoms with Crippen molar-refractivity contribution in [1.29, 1.82) is 21.2 Å². The largest absolute Gasteiger partial charge is 0.497 e. The Balaban J connectivity index is 1.96. The van der Waals surface area contributed by atoms with Crippen molar-refractivity contribution in [1.82, 2.24) is 0 Å². The van der Waals surface area contributed by atoms with Gasteiger partial charge in [0.1, 0.15) is 11.9 Å². The molecule has 0 radical (unpaired) electrons. The lowest BCUT2D eigenvalue weighted by Gasteiger charge is -2.49. The van der Waals surface area contributed by atoms with Crippen LogP contribution in [-0.2, 0) is 9.47 Å². The van der Waals surface area contributed by atoms with Crippen molar-refractivity contribution < 1.29 is 14.2 Å². The first-order chi connectivity index (χ1) is 13.5. The van der Waals surface area contributed by atoms with Gasteiger partial charge in [0.25, 0.3) is 0 Å². The number of hydrogen-bond donors (Lipinski definition) is 1. The Hall–Kier alpha value is -3.08. The fraction of sp³-hybridized carbons (Fsp3) is 0.524. The lowest BCUT2D eigenvalue weighted by Crippen LogP contribution is -2.59. The molecule has 7 nitrogen and oxygen atoms in total. The van der Waals surface area contributed by atoms with Crippen LogP contribution in [0.2, 0.25) is 0 Å². The Morgan fingerprint density at radius 1 is 1.07 bits per heavy atom. The molecular weight excluding hydrogens is 356 g/mol. The van der Waals surface area contributed by atoms with Gasteiger partial charge in [0.05, 0.1) is 31.2 Å². The highest BCUT2D eigenvalue weighted by atomic mass is 16.7. The fourth-order valence-corrected chi connectivity index (χ4v) is 5.12. The first-order valence-corrected chi connectivity index (χ1v) is 9.37. The Labute approximate surface area is 163 Å². The average Bonchev–Trinajstić information content (AvgIpc) is 2.86. The normalized spacial score (nSPS) is 35.3. The maximum absolute atomic E-state index is 10.3. The Morgan fingerprint density at radius 3 is 2.39 bits per heavy atom. The number of nitrogens with zero attached hydrogens (tertiary/aromatic N) is 3. The number of rotatable bonds is 2. The minimum Gasteiger partial charge on any atom is -0.497 e. The van der Waals surface area contributed by atoms with Gasteiger partial charge in [-0.05, 0) is 30.5 Å². The molecular formula is C21H20N4O3. The Kier molecular flexibility index (Phi) is 4.07. The van der Waals surface area contributed by atoms with E-state index >= 15 is 0 Å². The van der Waals surface area contributed by atoms with Crippen LogP contribution in [0, 0.1) is 56.2 Å². The smallest absolute Gasteiger partial charge is 0.217 e.